The van der Waals surface area contributed by atoms with Crippen molar-refractivity contribution >= 4 is 29.5 Å². The summed E-state index contributed by atoms with van der Waals surface area (Å²) in [5.74, 6) is -0.959. The average Bonchev–Trinajstić information content (AvgIpc) is 2.51. The zero-order valence-corrected chi connectivity index (χ0v) is 12.9. The van der Waals surface area contributed by atoms with Gasteiger partial charge in [-0.3, -0.25) is 20.4 Å². The number of amides is 3. The van der Waals surface area contributed by atoms with Gasteiger partial charge in [0, 0.05) is 13.0 Å². The van der Waals surface area contributed by atoms with Gasteiger partial charge in [-0.05, 0) is 12.5 Å². The van der Waals surface area contributed by atoms with Crippen molar-refractivity contribution in [2.75, 3.05) is 6.54 Å². The first-order valence-corrected chi connectivity index (χ1v) is 7.10. The number of carbonyl (C=O) groups excluding carboxylic acids is 3. The highest BCUT2D eigenvalue weighted by molar-refractivity contribution is 6.30. The Labute approximate surface area is 133 Å². The molecule has 0 aliphatic rings. The first-order chi connectivity index (χ1) is 10.5. The van der Waals surface area contributed by atoms with Gasteiger partial charge < -0.3 is 10.1 Å². The van der Waals surface area contributed by atoms with Gasteiger partial charge in [0.05, 0.1) is 0 Å². The Hall–Kier alpha value is -2.28. The Morgan fingerprint density at radius 1 is 1.18 bits per heavy atom. The lowest BCUT2D eigenvalue weighted by Gasteiger charge is -2.09. The fourth-order valence-electron chi connectivity index (χ4n) is 1.35. The summed E-state index contributed by atoms with van der Waals surface area (Å²) in [6.45, 7) is 1.72. The van der Waals surface area contributed by atoms with Gasteiger partial charge in [-0.2, -0.15) is 0 Å². The van der Waals surface area contributed by atoms with E-state index in [-0.39, 0.29) is 19.6 Å². The molecule has 1 unspecified atom stereocenters. The molecule has 0 saturated carbocycles. The molecule has 0 aromatic heterocycles. The van der Waals surface area contributed by atoms with E-state index in [2.05, 4.69) is 16.2 Å². The van der Waals surface area contributed by atoms with E-state index in [1.165, 1.54) is 6.92 Å². The van der Waals surface area contributed by atoms with E-state index in [0.717, 1.165) is 5.56 Å². The zero-order valence-electron chi connectivity index (χ0n) is 12.1. The second-order valence-electron chi connectivity index (χ2n) is 4.39. The third-order valence-corrected chi connectivity index (χ3v) is 2.72. The van der Waals surface area contributed by atoms with Crippen molar-refractivity contribution in [3.05, 3.63) is 35.9 Å². The molecule has 22 heavy (non-hydrogen) atoms. The van der Waals surface area contributed by atoms with Crippen LogP contribution in [0.25, 0.3) is 0 Å². The number of halogens is 1. The van der Waals surface area contributed by atoms with Crippen LogP contribution in [0.5, 0.6) is 0 Å². The first-order valence-electron chi connectivity index (χ1n) is 6.66. The Kier molecular flexibility index (Phi) is 7.77. The summed E-state index contributed by atoms with van der Waals surface area (Å²) >= 11 is 5.51. The molecule has 8 heteroatoms. The van der Waals surface area contributed by atoms with Crippen LogP contribution in [0.4, 0.5) is 4.79 Å². The molecule has 0 spiro atoms. The standard InChI is InChI=1S/C14H18ClN3O4/c1-10(15)13(20)18-17-12(19)7-8-16-14(21)22-9-11-5-3-2-4-6-11/h2-6,10H,7-9H2,1H3,(H,16,21)(H,17,19)(H,18,20). The summed E-state index contributed by atoms with van der Waals surface area (Å²) in [6, 6.07) is 9.22. The Morgan fingerprint density at radius 2 is 1.86 bits per heavy atom. The van der Waals surface area contributed by atoms with Crippen molar-refractivity contribution < 1.29 is 19.1 Å². The number of alkyl carbamates (subject to hydrolysis) is 1. The average molecular weight is 328 g/mol. The monoisotopic (exact) mass is 327 g/mol. The predicted molar refractivity (Wildman–Crippen MR) is 80.8 cm³/mol. The minimum absolute atomic E-state index is 0.00260. The molecule has 0 saturated heterocycles. The topological polar surface area (TPSA) is 96.5 Å². The van der Waals surface area contributed by atoms with Crippen LogP contribution in [-0.4, -0.2) is 29.8 Å². The Balaban J connectivity index is 2.11. The molecule has 3 amide bonds. The highest BCUT2D eigenvalue weighted by atomic mass is 35.5. The summed E-state index contributed by atoms with van der Waals surface area (Å²) in [4.78, 5) is 33.9. The SMILES string of the molecule is CC(Cl)C(=O)NNC(=O)CCNC(=O)OCc1ccccc1. The molecule has 1 atom stereocenters. The molecule has 7 nitrogen and oxygen atoms in total. The molecule has 0 radical (unpaired) electrons. The van der Waals surface area contributed by atoms with E-state index in [9.17, 15) is 14.4 Å². The highest BCUT2D eigenvalue weighted by Gasteiger charge is 2.10. The van der Waals surface area contributed by atoms with Gasteiger partial charge in [0.1, 0.15) is 12.0 Å². The number of hydrogen-bond donors (Lipinski definition) is 3. The summed E-state index contributed by atoms with van der Waals surface area (Å²) in [5.41, 5.74) is 5.20. The van der Waals surface area contributed by atoms with Crippen LogP contribution in [0.15, 0.2) is 30.3 Å². The predicted octanol–water partition coefficient (Wildman–Crippen LogP) is 1.08. The Morgan fingerprint density at radius 3 is 2.50 bits per heavy atom. The zero-order chi connectivity index (χ0) is 16.4. The van der Waals surface area contributed by atoms with E-state index in [4.69, 9.17) is 16.3 Å². The van der Waals surface area contributed by atoms with Gasteiger partial charge in [-0.25, -0.2) is 4.79 Å². The summed E-state index contributed by atoms with van der Waals surface area (Å²) < 4.78 is 4.97. The van der Waals surface area contributed by atoms with Crippen molar-refractivity contribution in [1.29, 1.82) is 0 Å². The number of benzene rings is 1. The quantitative estimate of drug-likeness (QED) is 0.538. The minimum atomic E-state index is -0.744. The number of alkyl halides is 1. The maximum absolute atomic E-state index is 11.4. The summed E-state index contributed by atoms with van der Waals surface area (Å²) in [5, 5.41) is 1.69. The molecule has 0 aliphatic heterocycles. The number of carbonyl (C=O) groups is 3. The molecule has 0 fully saturated rings. The number of hydrogen-bond acceptors (Lipinski definition) is 4. The minimum Gasteiger partial charge on any atom is -0.445 e. The lowest BCUT2D eigenvalue weighted by atomic mass is 10.2. The molecule has 1 aromatic rings. The van der Waals surface area contributed by atoms with Crippen LogP contribution in [0.3, 0.4) is 0 Å². The highest BCUT2D eigenvalue weighted by Crippen LogP contribution is 2.00. The molecule has 0 aliphatic carbocycles. The maximum Gasteiger partial charge on any atom is 0.407 e. The van der Waals surface area contributed by atoms with Crippen molar-refractivity contribution in [3.63, 3.8) is 0 Å². The molecule has 1 rings (SSSR count). The smallest absolute Gasteiger partial charge is 0.407 e. The van der Waals surface area contributed by atoms with Crippen molar-refractivity contribution in [1.82, 2.24) is 16.2 Å². The fraction of sp³-hybridized carbons (Fsp3) is 0.357. The van der Waals surface area contributed by atoms with Crippen molar-refractivity contribution in [2.24, 2.45) is 0 Å². The van der Waals surface area contributed by atoms with Crippen molar-refractivity contribution in [3.8, 4) is 0 Å². The number of hydrazine groups is 1. The van der Waals surface area contributed by atoms with Gasteiger partial charge in [0.15, 0.2) is 0 Å². The molecule has 3 N–H and O–H groups in total. The number of nitrogens with one attached hydrogen (secondary N) is 3. The molecular weight excluding hydrogens is 310 g/mol. The third-order valence-electron chi connectivity index (χ3n) is 2.52. The van der Waals surface area contributed by atoms with Gasteiger partial charge in [0.2, 0.25) is 5.91 Å². The number of rotatable bonds is 6. The molecule has 1 aromatic carbocycles. The van der Waals surface area contributed by atoms with Crippen molar-refractivity contribution in [2.45, 2.75) is 25.3 Å². The second kappa shape index (κ2) is 9.62. The lowest BCUT2D eigenvalue weighted by molar-refractivity contribution is -0.128. The van der Waals surface area contributed by atoms with Crippen LogP contribution in [0.1, 0.15) is 18.9 Å². The van der Waals surface area contributed by atoms with Crippen LogP contribution >= 0.6 is 11.6 Å². The maximum atomic E-state index is 11.4. The van der Waals surface area contributed by atoms with E-state index >= 15 is 0 Å². The van der Waals surface area contributed by atoms with Gasteiger partial charge in [-0.15, -0.1) is 11.6 Å². The summed E-state index contributed by atoms with van der Waals surface area (Å²) in [6.07, 6.45) is -0.618. The second-order valence-corrected chi connectivity index (χ2v) is 5.05. The number of ether oxygens (including phenoxy) is 1. The van der Waals surface area contributed by atoms with Crippen LogP contribution in [0.2, 0.25) is 0 Å². The molecule has 0 heterocycles. The van der Waals surface area contributed by atoms with E-state index in [0.29, 0.717) is 0 Å². The first kappa shape index (κ1) is 17.8. The normalized spacial score (nSPS) is 11.2. The lowest BCUT2D eigenvalue weighted by Crippen LogP contribution is -2.45. The largest absolute Gasteiger partial charge is 0.445 e. The van der Waals surface area contributed by atoms with E-state index in [1.54, 1.807) is 0 Å². The molecule has 0 bridgehead atoms. The van der Waals surface area contributed by atoms with Gasteiger partial charge in [0.25, 0.3) is 5.91 Å². The molecule has 120 valence electrons. The van der Waals surface area contributed by atoms with Crippen LogP contribution in [0, 0.1) is 0 Å². The third kappa shape index (κ3) is 7.49. The Bertz CT molecular complexity index is 508. The van der Waals surface area contributed by atoms with Gasteiger partial charge >= 0.3 is 6.09 Å². The summed E-state index contributed by atoms with van der Waals surface area (Å²) in [7, 11) is 0. The molecular formula is C14H18ClN3O4. The van der Waals surface area contributed by atoms with Gasteiger partial charge in [-0.1, -0.05) is 30.3 Å². The van der Waals surface area contributed by atoms with Crippen LogP contribution < -0.4 is 16.2 Å². The van der Waals surface area contributed by atoms with E-state index < -0.39 is 23.3 Å². The van der Waals surface area contributed by atoms with E-state index in [1.807, 2.05) is 30.3 Å². The van der Waals surface area contributed by atoms with Crippen LogP contribution in [-0.2, 0) is 20.9 Å². The fourth-order valence-corrected chi connectivity index (χ4v) is 1.40.